The predicted octanol–water partition coefficient (Wildman–Crippen LogP) is 2.09. The Balaban J connectivity index is 1.53. The number of rotatable bonds is 10. The second kappa shape index (κ2) is 15.2. The second-order valence-electron chi connectivity index (χ2n) is 12.2. The summed E-state index contributed by atoms with van der Waals surface area (Å²) in [5, 5.41) is 20.1. The number of ether oxygens (including phenoxy) is 1. The molecule has 5 N–H and O–H groups in total. The summed E-state index contributed by atoms with van der Waals surface area (Å²) in [6, 6.07) is 4.52. The first-order valence-corrected chi connectivity index (χ1v) is 16.6. The molecule has 1 unspecified atom stereocenters. The third-order valence-electron chi connectivity index (χ3n) is 9.36. The first-order chi connectivity index (χ1) is 22.1. The molecule has 0 spiro atoms. The van der Waals surface area contributed by atoms with Crippen molar-refractivity contribution in [3.8, 4) is 5.75 Å². The molecule has 0 aliphatic carbocycles. The fourth-order valence-corrected chi connectivity index (χ4v) is 7.28. The van der Waals surface area contributed by atoms with Crippen LogP contribution in [0.3, 0.4) is 0 Å². The molecule has 46 heavy (non-hydrogen) atoms. The molecule has 4 heterocycles. The van der Waals surface area contributed by atoms with Crippen molar-refractivity contribution in [2.75, 3.05) is 63.9 Å². The maximum atomic E-state index is 14.4. The topological polar surface area (TPSA) is 157 Å². The zero-order valence-electron chi connectivity index (χ0n) is 26.1. The maximum Gasteiger partial charge on any atom is 0.282 e. The number of piperidine rings is 2. The number of halogens is 2. The van der Waals surface area contributed by atoms with Crippen LogP contribution in [0.15, 0.2) is 18.2 Å². The number of aromatic nitrogens is 1. The average Bonchev–Trinajstić information content (AvgIpc) is 3.36. The fourth-order valence-electron chi connectivity index (χ4n) is 6.96. The number of primary amides is 1. The minimum absolute atomic E-state index is 0.0284. The zero-order valence-corrected chi connectivity index (χ0v) is 27.6. The lowest BCUT2D eigenvalue weighted by atomic mass is 9.99. The first kappa shape index (κ1) is 34.3. The lowest BCUT2D eigenvalue weighted by molar-refractivity contribution is -0.120. The molecule has 5 rings (SSSR count). The molecule has 3 aliphatic heterocycles. The van der Waals surface area contributed by atoms with Crippen LogP contribution in [0.5, 0.6) is 5.75 Å². The Hall–Kier alpha value is -3.07. The van der Waals surface area contributed by atoms with E-state index in [1.54, 1.807) is 45.1 Å². The average molecular weight is 681 g/mol. The van der Waals surface area contributed by atoms with Gasteiger partial charge in [0.1, 0.15) is 24.0 Å². The van der Waals surface area contributed by atoms with Crippen molar-refractivity contribution in [3.63, 3.8) is 0 Å². The van der Waals surface area contributed by atoms with Gasteiger partial charge in [-0.3, -0.25) is 24.5 Å². The van der Waals surface area contributed by atoms with E-state index in [0.717, 1.165) is 25.9 Å². The molecule has 2 aromatic rings. The molecule has 0 bridgehead atoms. The number of aliphatic hydroxyl groups is 1. The van der Waals surface area contributed by atoms with E-state index < -0.39 is 17.9 Å². The molecule has 1 atom stereocenters. The van der Waals surface area contributed by atoms with Crippen LogP contribution in [-0.4, -0.2) is 118 Å². The van der Waals surface area contributed by atoms with E-state index in [0.29, 0.717) is 47.8 Å². The van der Waals surface area contributed by atoms with Crippen molar-refractivity contribution in [1.82, 2.24) is 24.7 Å². The molecule has 13 nitrogen and oxygen atoms in total. The molecule has 252 valence electrons. The summed E-state index contributed by atoms with van der Waals surface area (Å²) in [5.74, 6) is -1.67. The van der Waals surface area contributed by atoms with E-state index in [4.69, 9.17) is 33.7 Å². The SMILES string of the molecule is Cn1c(C(=O)N2CCC(N3CCCCC3)CC2)c(OCc2ccc(Cl)c(Cl)c2)c(C(=O)NO)c1N1CCN(CCO)CC1C(N)=O. The number of carbonyl (C=O) groups excluding carboxylic acids is 3. The highest BCUT2D eigenvalue weighted by Crippen LogP contribution is 2.40. The first-order valence-electron chi connectivity index (χ1n) is 15.8. The quantitative estimate of drug-likeness (QED) is 0.218. The Morgan fingerprint density at radius 3 is 2.37 bits per heavy atom. The van der Waals surface area contributed by atoms with Gasteiger partial charge >= 0.3 is 0 Å². The molecule has 0 radical (unpaired) electrons. The normalized spacial score (nSPS) is 20.2. The molecule has 1 aromatic heterocycles. The number of piperazine rings is 1. The largest absolute Gasteiger partial charge is 0.486 e. The summed E-state index contributed by atoms with van der Waals surface area (Å²) in [7, 11) is 1.64. The molecule has 3 saturated heterocycles. The lowest BCUT2D eigenvalue weighted by Gasteiger charge is -2.41. The van der Waals surface area contributed by atoms with Crippen LogP contribution in [0.25, 0.3) is 0 Å². The standard InChI is InChI=1S/C31H43Cl2N7O6/c1-36-26(31(44)39-11-7-21(8-12-39)38-9-3-2-4-10-38)27(46-19-20-5-6-22(32)23(33)17-20)25(29(43)35-45)30(36)40-14-13-37(15-16-41)18-24(40)28(34)42/h5-6,17,21,24,41,45H,2-4,7-16,18-19H2,1H3,(H2,34,42)(H,35,43). The van der Waals surface area contributed by atoms with Gasteiger partial charge in [-0.2, -0.15) is 0 Å². The van der Waals surface area contributed by atoms with Crippen molar-refractivity contribution in [2.24, 2.45) is 12.8 Å². The monoisotopic (exact) mass is 679 g/mol. The van der Waals surface area contributed by atoms with Crippen LogP contribution < -0.4 is 20.9 Å². The van der Waals surface area contributed by atoms with Gasteiger partial charge in [0.05, 0.1) is 16.7 Å². The number of amides is 3. The van der Waals surface area contributed by atoms with Gasteiger partial charge in [0, 0.05) is 52.4 Å². The third kappa shape index (κ3) is 7.24. The van der Waals surface area contributed by atoms with Gasteiger partial charge < -0.3 is 34.8 Å². The molecule has 1 aromatic carbocycles. The van der Waals surface area contributed by atoms with Crippen LogP contribution in [0, 0.1) is 0 Å². The highest BCUT2D eigenvalue weighted by Gasteiger charge is 2.41. The Bertz CT molecular complexity index is 1420. The van der Waals surface area contributed by atoms with E-state index >= 15 is 0 Å². The molecule has 3 aliphatic rings. The summed E-state index contributed by atoms with van der Waals surface area (Å²) in [5.41, 5.74) is 8.22. The van der Waals surface area contributed by atoms with Crippen molar-refractivity contribution in [2.45, 2.75) is 50.8 Å². The number of hydrogen-bond acceptors (Lipinski definition) is 9. The summed E-state index contributed by atoms with van der Waals surface area (Å²) in [6.07, 6.45) is 5.32. The fraction of sp³-hybridized carbons (Fsp3) is 0.581. The number of nitrogens with one attached hydrogen (secondary N) is 1. The smallest absolute Gasteiger partial charge is 0.282 e. The highest BCUT2D eigenvalue weighted by molar-refractivity contribution is 6.42. The van der Waals surface area contributed by atoms with E-state index in [-0.39, 0.29) is 55.0 Å². The van der Waals surface area contributed by atoms with Gasteiger partial charge in [-0.05, 0) is 56.5 Å². The number of nitrogens with zero attached hydrogens (tertiary/aromatic N) is 5. The number of benzene rings is 1. The van der Waals surface area contributed by atoms with Crippen LogP contribution in [0.1, 0.15) is 58.5 Å². The third-order valence-corrected chi connectivity index (χ3v) is 10.1. The van der Waals surface area contributed by atoms with E-state index in [2.05, 4.69) is 4.90 Å². The van der Waals surface area contributed by atoms with Gasteiger partial charge in [-0.1, -0.05) is 35.7 Å². The minimum atomic E-state index is -0.904. The Labute approximate surface area is 278 Å². The summed E-state index contributed by atoms with van der Waals surface area (Å²) >= 11 is 12.3. The van der Waals surface area contributed by atoms with Crippen LogP contribution >= 0.6 is 23.2 Å². The number of β-amino-alcohol motifs (C(OH)–C–C–N with tert-alkyl or cyclic N) is 1. The van der Waals surface area contributed by atoms with Crippen LogP contribution in [0.2, 0.25) is 10.0 Å². The number of hydrogen-bond donors (Lipinski definition) is 4. The number of aliphatic hydroxyl groups excluding tert-OH is 1. The number of nitrogens with two attached hydrogens (primary N) is 1. The Morgan fingerprint density at radius 1 is 1.02 bits per heavy atom. The number of hydroxylamine groups is 1. The van der Waals surface area contributed by atoms with Gasteiger partial charge in [0.15, 0.2) is 11.4 Å². The predicted molar refractivity (Wildman–Crippen MR) is 174 cm³/mol. The Kier molecular flexibility index (Phi) is 11.3. The van der Waals surface area contributed by atoms with Crippen LogP contribution in [0.4, 0.5) is 5.82 Å². The highest BCUT2D eigenvalue weighted by atomic mass is 35.5. The van der Waals surface area contributed by atoms with Crippen molar-refractivity contribution < 1.29 is 29.4 Å². The zero-order chi connectivity index (χ0) is 33.0. The second-order valence-corrected chi connectivity index (χ2v) is 13.0. The summed E-state index contributed by atoms with van der Waals surface area (Å²) in [4.78, 5) is 48.4. The molecule has 0 saturated carbocycles. The van der Waals surface area contributed by atoms with Crippen molar-refractivity contribution >= 4 is 46.7 Å². The van der Waals surface area contributed by atoms with E-state index in [1.165, 1.54) is 19.3 Å². The lowest BCUT2D eigenvalue weighted by Crippen LogP contribution is -2.59. The molecular formula is C31H43Cl2N7O6. The molecule has 3 fully saturated rings. The minimum Gasteiger partial charge on any atom is -0.486 e. The Morgan fingerprint density at radius 2 is 1.74 bits per heavy atom. The maximum absolute atomic E-state index is 14.4. The molecule has 15 heteroatoms. The van der Waals surface area contributed by atoms with Crippen molar-refractivity contribution in [3.05, 3.63) is 45.1 Å². The van der Waals surface area contributed by atoms with Crippen LogP contribution in [-0.2, 0) is 18.4 Å². The number of anilines is 1. The number of likely N-dealkylation sites (tertiary alicyclic amines) is 2. The van der Waals surface area contributed by atoms with Gasteiger partial charge in [-0.25, -0.2) is 5.48 Å². The molecular weight excluding hydrogens is 637 g/mol. The summed E-state index contributed by atoms with van der Waals surface area (Å²) < 4.78 is 7.83. The van der Waals surface area contributed by atoms with Gasteiger partial charge in [0.2, 0.25) is 5.91 Å². The summed E-state index contributed by atoms with van der Waals surface area (Å²) in [6.45, 7) is 4.37. The van der Waals surface area contributed by atoms with Crippen molar-refractivity contribution in [1.29, 1.82) is 0 Å². The molecule has 3 amide bonds. The number of carbonyl (C=O) groups is 3. The van der Waals surface area contributed by atoms with E-state index in [1.807, 2.05) is 4.90 Å². The van der Waals surface area contributed by atoms with Gasteiger partial charge in [0.25, 0.3) is 11.8 Å². The van der Waals surface area contributed by atoms with E-state index in [9.17, 15) is 24.7 Å². The van der Waals surface area contributed by atoms with Gasteiger partial charge in [-0.15, -0.1) is 0 Å².